The van der Waals surface area contributed by atoms with Crippen LogP contribution >= 0.6 is 0 Å². The lowest BCUT2D eigenvalue weighted by molar-refractivity contribution is -0.128. The van der Waals surface area contributed by atoms with E-state index >= 15 is 0 Å². The molecule has 0 saturated heterocycles. The van der Waals surface area contributed by atoms with Gasteiger partial charge < -0.3 is 4.74 Å². The summed E-state index contributed by atoms with van der Waals surface area (Å²) in [6.07, 6.45) is 3.76. The van der Waals surface area contributed by atoms with E-state index in [0.29, 0.717) is 11.3 Å². The zero-order chi connectivity index (χ0) is 16.9. The van der Waals surface area contributed by atoms with Crippen LogP contribution in [-0.4, -0.2) is 20.6 Å². The summed E-state index contributed by atoms with van der Waals surface area (Å²) in [5.74, 6) is -0.677. The number of sulfonamides is 1. The normalized spacial score (nSPS) is 11.4. The summed E-state index contributed by atoms with van der Waals surface area (Å²) in [6, 6.07) is 11.5. The molecule has 2 rings (SSSR count). The molecule has 0 bridgehead atoms. The predicted octanol–water partition coefficient (Wildman–Crippen LogP) is 2.82. The number of carbonyl (C=O) groups excluding carboxylic acids is 1. The Morgan fingerprint density at radius 1 is 1.09 bits per heavy atom. The van der Waals surface area contributed by atoms with Crippen LogP contribution in [0.3, 0.4) is 0 Å². The Morgan fingerprint density at radius 2 is 1.70 bits per heavy atom. The van der Waals surface area contributed by atoms with Crippen LogP contribution in [-0.2, 0) is 14.8 Å². The Morgan fingerprint density at radius 3 is 2.26 bits per heavy atom. The number of esters is 1. The second-order valence-electron chi connectivity index (χ2n) is 4.70. The van der Waals surface area contributed by atoms with Gasteiger partial charge >= 0.3 is 5.97 Å². The minimum absolute atomic E-state index is 0.276. The smallest absolute Gasteiger partial charge is 0.336 e. The molecule has 0 spiro atoms. The Kier molecular flexibility index (Phi) is 5.13. The van der Waals surface area contributed by atoms with Gasteiger partial charge in [0, 0.05) is 11.8 Å². The molecule has 0 radical (unpaired) electrons. The molecule has 0 atom stereocenters. The lowest BCUT2D eigenvalue weighted by Gasteiger charge is -2.05. The maximum absolute atomic E-state index is 12.8. The second kappa shape index (κ2) is 7.06. The van der Waals surface area contributed by atoms with Gasteiger partial charge in [-0.05, 0) is 48.0 Å². The van der Waals surface area contributed by atoms with Crippen molar-refractivity contribution >= 4 is 27.8 Å². The molecular weight excluding hydrogens is 321 g/mol. The summed E-state index contributed by atoms with van der Waals surface area (Å²) in [6.45, 7) is 0. The maximum Gasteiger partial charge on any atom is 0.336 e. The molecule has 0 aliphatic rings. The Bertz CT molecular complexity index is 812. The van der Waals surface area contributed by atoms with Crippen LogP contribution in [0.5, 0.6) is 5.75 Å². The molecule has 0 aromatic heterocycles. The third kappa shape index (κ3) is 5.91. The van der Waals surface area contributed by atoms with E-state index in [0.717, 1.165) is 6.26 Å². The molecule has 2 aromatic rings. The maximum atomic E-state index is 12.8. The van der Waals surface area contributed by atoms with Crippen molar-refractivity contribution in [1.29, 1.82) is 0 Å². The Labute approximate surface area is 133 Å². The molecule has 0 heterocycles. The number of carbonyl (C=O) groups is 1. The van der Waals surface area contributed by atoms with Gasteiger partial charge in [-0.2, -0.15) is 0 Å². The van der Waals surface area contributed by atoms with E-state index in [4.69, 9.17) is 4.74 Å². The quantitative estimate of drug-likeness (QED) is 0.518. The van der Waals surface area contributed by atoms with Crippen molar-refractivity contribution in [2.45, 2.75) is 0 Å². The van der Waals surface area contributed by atoms with Gasteiger partial charge in [0.15, 0.2) is 0 Å². The molecule has 7 heteroatoms. The Balaban J connectivity index is 1.96. The van der Waals surface area contributed by atoms with E-state index < -0.39 is 16.0 Å². The first kappa shape index (κ1) is 16.7. The highest BCUT2D eigenvalue weighted by Gasteiger charge is 2.04. The van der Waals surface area contributed by atoms with Crippen molar-refractivity contribution < 1.29 is 22.3 Å². The molecule has 0 fully saturated rings. The van der Waals surface area contributed by atoms with Gasteiger partial charge in [-0.3, -0.25) is 4.72 Å². The number of hydrogen-bond donors (Lipinski definition) is 1. The fourth-order valence-electron chi connectivity index (χ4n) is 1.69. The summed E-state index contributed by atoms with van der Waals surface area (Å²) >= 11 is 0. The predicted molar refractivity (Wildman–Crippen MR) is 86.0 cm³/mol. The van der Waals surface area contributed by atoms with Gasteiger partial charge in [0.25, 0.3) is 0 Å². The zero-order valence-corrected chi connectivity index (χ0v) is 13.0. The van der Waals surface area contributed by atoms with E-state index in [1.165, 1.54) is 60.7 Å². The molecule has 120 valence electrons. The molecule has 0 aliphatic heterocycles. The average Bonchev–Trinajstić information content (AvgIpc) is 2.47. The van der Waals surface area contributed by atoms with Crippen molar-refractivity contribution in [1.82, 2.24) is 0 Å². The van der Waals surface area contributed by atoms with Gasteiger partial charge in [0.1, 0.15) is 11.6 Å². The molecule has 23 heavy (non-hydrogen) atoms. The highest BCUT2D eigenvalue weighted by Crippen LogP contribution is 2.17. The van der Waals surface area contributed by atoms with Crippen LogP contribution in [0.1, 0.15) is 5.56 Å². The van der Waals surface area contributed by atoms with Gasteiger partial charge in [0.05, 0.1) is 6.26 Å². The van der Waals surface area contributed by atoms with Crippen molar-refractivity contribution in [3.8, 4) is 5.75 Å². The molecule has 0 unspecified atom stereocenters. The van der Waals surface area contributed by atoms with E-state index in [-0.39, 0.29) is 11.6 Å². The SMILES string of the molecule is CS(=O)(=O)Nc1ccc(OC(=O)/C=C/c2ccc(F)cc2)cc1. The average molecular weight is 335 g/mol. The standard InChI is InChI=1S/C16H14FNO4S/c1-23(20,21)18-14-7-9-15(10-8-14)22-16(19)11-4-12-2-5-13(17)6-3-12/h2-11,18H,1H3/b11-4+. The van der Waals surface area contributed by atoms with E-state index in [1.54, 1.807) is 0 Å². The number of nitrogens with one attached hydrogen (secondary N) is 1. The third-order valence-electron chi connectivity index (χ3n) is 2.66. The van der Waals surface area contributed by atoms with Crippen LogP contribution in [0.25, 0.3) is 6.08 Å². The summed E-state index contributed by atoms with van der Waals surface area (Å²) in [5.41, 5.74) is 1.03. The third-order valence-corrected chi connectivity index (χ3v) is 3.26. The lowest BCUT2D eigenvalue weighted by atomic mass is 10.2. The number of ether oxygens (including phenoxy) is 1. The molecule has 0 saturated carbocycles. The van der Waals surface area contributed by atoms with Gasteiger partial charge in [-0.25, -0.2) is 17.6 Å². The van der Waals surface area contributed by atoms with Crippen molar-refractivity contribution in [3.63, 3.8) is 0 Å². The number of anilines is 1. The Hall–Kier alpha value is -2.67. The monoisotopic (exact) mass is 335 g/mol. The first-order chi connectivity index (χ1) is 10.8. The van der Waals surface area contributed by atoms with E-state index in [2.05, 4.69) is 4.72 Å². The van der Waals surface area contributed by atoms with Crippen LogP contribution in [0.15, 0.2) is 54.6 Å². The number of rotatable bonds is 5. The molecule has 0 amide bonds. The van der Waals surface area contributed by atoms with Gasteiger partial charge in [-0.15, -0.1) is 0 Å². The highest BCUT2D eigenvalue weighted by atomic mass is 32.2. The van der Waals surface area contributed by atoms with Crippen LogP contribution in [0.2, 0.25) is 0 Å². The van der Waals surface area contributed by atoms with E-state index in [9.17, 15) is 17.6 Å². The summed E-state index contributed by atoms with van der Waals surface area (Å²) in [5, 5.41) is 0. The van der Waals surface area contributed by atoms with Crippen molar-refractivity contribution in [3.05, 3.63) is 66.0 Å². The summed E-state index contributed by atoms with van der Waals surface area (Å²) < 4.78 is 42.3. The van der Waals surface area contributed by atoms with Gasteiger partial charge in [0.2, 0.25) is 10.0 Å². The van der Waals surface area contributed by atoms with E-state index in [1.807, 2.05) is 0 Å². The second-order valence-corrected chi connectivity index (χ2v) is 6.45. The minimum Gasteiger partial charge on any atom is -0.423 e. The minimum atomic E-state index is -3.35. The first-order valence-corrected chi connectivity index (χ1v) is 8.44. The molecular formula is C16H14FNO4S. The topological polar surface area (TPSA) is 72.5 Å². The molecule has 1 N–H and O–H groups in total. The summed E-state index contributed by atoms with van der Waals surface area (Å²) in [4.78, 5) is 11.7. The van der Waals surface area contributed by atoms with Crippen LogP contribution < -0.4 is 9.46 Å². The van der Waals surface area contributed by atoms with Crippen molar-refractivity contribution in [2.24, 2.45) is 0 Å². The summed E-state index contributed by atoms with van der Waals surface area (Å²) in [7, 11) is -3.35. The molecule has 2 aromatic carbocycles. The molecule has 0 aliphatic carbocycles. The number of halogens is 1. The highest BCUT2D eigenvalue weighted by molar-refractivity contribution is 7.92. The number of benzene rings is 2. The zero-order valence-electron chi connectivity index (χ0n) is 12.2. The van der Waals surface area contributed by atoms with Crippen molar-refractivity contribution in [2.75, 3.05) is 11.0 Å². The first-order valence-electron chi connectivity index (χ1n) is 6.55. The van der Waals surface area contributed by atoms with Gasteiger partial charge in [-0.1, -0.05) is 12.1 Å². The van der Waals surface area contributed by atoms with Crippen LogP contribution in [0.4, 0.5) is 10.1 Å². The fraction of sp³-hybridized carbons (Fsp3) is 0.0625. The molecule has 5 nitrogen and oxygen atoms in total. The van der Waals surface area contributed by atoms with Crippen LogP contribution in [0, 0.1) is 5.82 Å². The largest absolute Gasteiger partial charge is 0.423 e. The number of hydrogen-bond acceptors (Lipinski definition) is 4. The lowest BCUT2D eigenvalue weighted by Crippen LogP contribution is -2.09. The fourth-order valence-corrected chi connectivity index (χ4v) is 2.26.